The fourth-order valence-electron chi connectivity index (χ4n) is 1.95. The van der Waals surface area contributed by atoms with Crippen LogP contribution < -0.4 is 0 Å². The molecular weight excluding hydrogens is 276 g/mol. The molecule has 0 spiro atoms. The zero-order valence-corrected chi connectivity index (χ0v) is 13.9. The molecule has 124 valence electrons. The third-order valence-corrected chi connectivity index (χ3v) is 3.22. The number of unbranched alkanes of at least 4 members (excludes halogenated alkanes) is 7. The second-order valence-electron chi connectivity index (χ2n) is 5.28. The van der Waals surface area contributed by atoms with Gasteiger partial charge >= 0.3 is 12.2 Å². The Morgan fingerprint density at radius 2 is 1.50 bits per heavy atom. The molecule has 0 aromatic carbocycles. The summed E-state index contributed by atoms with van der Waals surface area (Å²) in [6.45, 7) is 2.61. The van der Waals surface area contributed by atoms with Crippen molar-refractivity contribution in [2.75, 3.05) is 6.61 Å². The highest BCUT2D eigenvalue weighted by Gasteiger charge is 2.01. The number of ether oxygens (including phenoxy) is 1. The summed E-state index contributed by atoms with van der Waals surface area (Å²) in [5.74, 6) is -0.592. The smallest absolute Gasteiger partial charge is 0.413 e. The molecule has 0 radical (unpaired) electrons. The number of nitrogens with zero attached hydrogens (tertiary/aromatic N) is 2. The van der Waals surface area contributed by atoms with Crippen LogP contribution in [0, 0.1) is 0 Å². The normalized spacial score (nSPS) is 11.0. The Balaban J connectivity index is 3.26. The number of carbonyl (C=O) groups is 1. The summed E-state index contributed by atoms with van der Waals surface area (Å²) in [4.78, 5) is 13.4. The summed E-state index contributed by atoms with van der Waals surface area (Å²) >= 11 is 0. The van der Waals surface area contributed by atoms with Crippen molar-refractivity contribution in [3.05, 3.63) is 29.8 Å². The van der Waals surface area contributed by atoms with Crippen molar-refractivity contribution in [3.63, 3.8) is 0 Å². The summed E-state index contributed by atoms with van der Waals surface area (Å²) in [5, 5.41) is 0. The largest absolute Gasteiger partial charge is 0.457 e. The fourth-order valence-corrected chi connectivity index (χ4v) is 1.95. The van der Waals surface area contributed by atoms with Gasteiger partial charge in [-0.3, -0.25) is 0 Å². The van der Waals surface area contributed by atoms with Crippen LogP contribution in [0.1, 0.15) is 71.1 Å². The SMILES string of the molecule is CCCC/C=C/CCC/C=C/CCCCCOC(=O)C=[N+]=[N-]. The summed E-state index contributed by atoms with van der Waals surface area (Å²) in [5.41, 5.74) is 8.12. The summed E-state index contributed by atoms with van der Waals surface area (Å²) in [7, 11) is 0. The fraction of sp³-hybridized carbons (Fsp3) is 0.667. The molecule has 0 atom stereocenters. The van der Waals surface area contributed by atoms with Gasteiger partial charge in [-0.15, -0.1) is 0 Å². The standard InChI is InChI=1S/C18H30N2O2/c1-2-3-4-5-6-7-8-9-10-11-12-13-14-15-16-22-18(21)17-20-19/h5-6,10-11,17H,2-4,7-9,12-16H2,1H3/b6-5+,11-10+. The lowest BCUT2D eigenvalue weighted by Crippen LogP contribution is -2.07. The van der Waals surface area contributed by atoms with E-state index in [-0.39, 0.29) is 0 Å². The van der Waals surface area contributed by atoms with E-state index in [4.69, 9.17) is 10.3 Å². The Hall–Kier alpha value is -1.67. The molecule has 0 bridgehead atoms. The molecule has 0 aliphatic carbocycles. The van der Waals surface area contributed by atoms with Crippen LogP contribution in [0.4, 0.5) is 0 Å². The van der Waals surface area contributed by atoms with E-state index < -0.39 is 5.97 Å². The Kier molecular flexibility index (Phi) is 16.1. The van der Waals surface area contributed by atoms with Gasteiger partial charge in [0.15, 0.2) is 0 Å². The number of carbonyl (C=O) groups excluding carboxylic acids is 1. The summed E-state index contributed by atoms with van der Waals surface area (Å²) < 4.78 is 4.82. The van der Waals surface area contributed by atoms with Crippen LogP contribution in [0.25, 0.3) is 5.53 Å². The number of hydrogen-bond donors (Lipinski definition) is 0. The molecule has 0 saturated heterocycles. The lowest BCUT2D eigenvalue weighted by atomic mass is 10.1. The third kappa shape index (κ3) is 16.4. The molecule has 0 saturated carbocycles. The van der Waals surface area contributed by atoms with E-state index in [1.807, 2.05) is 0 Å². The van der Waals surface area contributed by atoms with Gasteiger partial charge < -0.3 is 10.3 Å². The highest BCUT2D eigenvalue weighted by Crippen LogP contribution is 2.04. The molecule has 0 aromatic rings. The van der Waals surface area contributed by atoms with Crippen LogP contribution in [-0.4, -0.2) is 23.6 Å². The average Bonchev–Trinajstić information content (AvgIpc) is 2.51. The van der Waals surface area contributed by atoms with Crippen molar-refractivity contribution in [2.45, 2.75) is 71.1 Å². The predicted molar refractivity (Wildman–Crippen MR) is 90.8 cm³/mol. The quantitative estimate of drug-likeness (QED) is 0.115. The van der Waals surface area contributed by atoms with Gasteiger partial charge in [0.1, 0.15) is 0 Å². The molecule has 0 aliphatic rings. The van der Waals surface area contributed by atoms with E-state index in [9.17, 15) is 4.79 Å². The van der Waals surface area contributed by atoms with Gasteiger partial charge in [-0.2, -0.15) is 4.79 Å². The van der Waals surface area contributed by atoms with Gasteiger partial charge in [0, 0.05) is 0 Å². The first-order valence-electron chi connectivity index (χ1n) is 8.45. The van der Waals surface area contributed by atoms with E-state index in [0.29, 0.717) is 6.61 Å². The summed E-state index contributed by atoms with van der Waals surface area (Å²) in [6.07, 6.45) is 21.3. The van der Waals surface area contributed by atoms with Gasteiger partial charge in [-0.05, 0) is 51.4 Å². The average molecular weight is 306 g/mol. The molecule has 0 N–H and O–H groups in total. The number of rotatable bonds is 14. The second kappa shape index (κ2) is 17.4. The van der Waals surface area contributed by atoms with Crippen molar-refractivity contribution in [1.29, 1.82) is 0 Å². The Morgan fingerprint density at radius 3 is 2.09 bits per heavy atom. The maximum absolute atomic E-state index is 10.8. The molecule has 0 heterocycles. The minimum atomic E-state index is -0.592. The highest BCUT2D eigenvalue weighted by atomic mass is 16.5. The van der Waals surface area contributed by atoms with E-state index in [1.165, 1.54) is 32.1 Å². The first kappa shape index (κ1) is 20.3. The Labute approximate surface area is 134 Å². The monoisotopic (exact) mass is 306 g/mol. The molecule has 0 unspecified atom stereocenters. The van der Waals surface area contributed by atoms with Crippen LogP contribution in [0.15, 0.2) is 24.3 Å². The molecule has 0 amide bonds. The Bertz CT molecular complexity index is 369. The maximum atomic E-state index is 10.8. The van der Waals surface area contributed by atoms with Crippen molar-refractivity contribution < 1.29 is 14.3 Å². The lowest BCUT2D eigenvalue weighted by Gasteiger charge is -1.99. The molecule has 0 rings (SSSR count). The van der Waals surface area contributed by atoms with E-state index in [1.54, 1.807) is 0 Å². The molecular formula is C18H30N2O2. The van der Waals surface area contributed by atoms with Crippen molar-refractivity contribution in [3.8, 4) is 0 Å². The van der Waals surface area contributed by atoms with Crippen molar-refractivity contribution in [1.82, 2.24) is 0 Å². The summed E-state index contributed by atoms with van der Waals surface area (Å²) in [6, 6.07) is 0. The van der Waals surface area contributed by atoms with E-state index in [0.717, 1.165) is 38.3 Å². The third-order valence-electron chi connectivity index (χ3n) is 3.22. The van der Waals surface area contributed by atoms with Crippen LogP contribution in [-0.2, 0) is 9.53 Å². The number of esters is 1. The van der Waals surface area contributed by atoms with E-state index >= 15 is 0 Å². The molecule has 4 nitrogen and oxygen atoms in total. The van der Waals surface area contributed by atoms with Crippen molar-refractivity contribution in [2.24, 2.45) is 0 Å². The van der Waals surface area contributed by atoms with Gasteiger partial charge in [0.2, 0.25) is 0 Å². The second-order valence-corrected chi connectivity index (χ2v) is 5.28. The lowest BCUT2D eigenvalue weighted by molar-refractivity contribution is -0.139. The number of allylic oxidation sites excluding steroid dienone is 4. The topological polar surface area (TPSA) is 62.7 Å². The van der Waals surface area contributed by atoms with Crippen LogP contribution in [0.2, 0.25) is 0 Å². The zero-order chi connectivity index (χ0) is 16.3. The molecule has 22 heavy (non-hydrogen) atoms. The molecule has 0 fully saturated rings. The van der Waals surface area contributed by atoms with Crippen molar-refractivity contribution >= 4 is 12.2 Å². The van der Waals surface area contributed by atoms with Crippen LogP contribution in [0.3, 0.4) is 0 Å². The predicted octanol–water partition coefficient (Wildman–Crippen LogP) is 4.86. The minimum Gasteiger partial charge on any atom is -0.457 e. The Morgan fingerprint density at radius 1 is 0.909 bits per heavy atom. The maximum Gasteiger partial charge on any atom is 0.413 e. The first-order valence-corrected chi connectivity index (χ1v) is 8.45. The van der Waals surface area contributed by atoms with Gasteiger partial charge in [0.05, 0.1) is 6.61 Å². The van der Waals surface area contributed by atoms with Crippen LogP contribution in [0.5, 0.6) is 0 Å². The zero-order valence-electron chi connectivity index (χ0n) is 13.9. The van der Waals surface area contributed by atoms with Gasteiger partial charge in [-0.1, -0.05) is 44.1 Å². The number of hydrogen-bond acceptors (Lipinski definition) is 2. The molecule has 0 aromatic heterocycles. The molecule has 4 heteroatoms. The highest BCUT2D eigenvalue weighted by molar-refractivity contribution is 6.20. The van der Waals surface area contributed by atoms with Gasteiger partial charge in [-0.25, -0.2) is 4.79 Å². The first-order chi connectivity index (χ1) is 10.8. The van der Waals surface area contributed by atoms with Crippen LogP contribution >= 0.6 is 0 Å². The molecule has 0 aliphatic heterocycles. The minimum absolute atomic E-state index is 0.388. The van der Waals surface area contributed by atoms with E-state index in [2.05, 4.69) is 36.0 Å². The van der Waals surface area contributed by atoms with Gasteiger partial charge in [0.25, 0.3) is 0 Å².